The van der Waals surface area contributed by atoms with Gasteiger partial charge in [0.05, 0.1) is 6.54 Å². The molecule has 5 nitrogen and oxygen atoms in total. The minimum Gasteiger partial charge on any atom is -0.480 e. The molecule has 0 bridgehead atoms. The van der Waals surface area contributed by atoms with Crippen LogP contribution in [0, 0.1) is 0 Å². The van der Waals surface area contributed by atoms with Gasteiger partial charge in [0.15, 0.2) is 0 Å². The Morgan fingerprint density at radius 1 is 1.40 bits per heavy atom. The molecule has 0 aromatic heterocycles. The number of amides is 1. The first-order valence-electron chi connectivity index (χ1n) is 2.80. The van der Waals surface area contributed by atoms with Gasteiger partial charge in [-0.2, -0.15) is 0 Å². The Morgan fingerprint density at radius 2 is 2.00 bits per heavy atom. The molecule has 0 rings (SSSR count). The van der Waals surface area contributed by atoms with Crippen LogP contribution in [0.3, 0.4) is 0 Å². The molecule has 10 heavy (non-hydrogen) atoms. The highest BCUT2D eigenvalue weighted by atomic mass is 16.4. The van der Waals surface area contributed by atoms with E-state index in [1.807, 2.05) is 0 Å². The van der Waals surface area contributed by atoms with Crippen molar-refractivity contribution < 1.29 is 14.7 Å². The zero-order valence-corrected chi connectivity index (χ0v) is 5.68. The Morgan fingerprint density at radius 3 is 2.40 bits per heavy atom. The Labute approximate surface area is 58.4 Å². The lowest BCUT2D eigenvalue weighted by Crippen LogP contribution is -2.35. The van der Waals surface area contributed by atoms with Crippen molar-refractivity contribution in [1.29, 1.82) is 0 Å². The lowest BCUT2D eigenvalue weighted by molar-refractivity contribution is -0.137. The Bertz CT molecular complexity index is 135. The molecular weight excluding hydrogens is 136 g/mol. The first-order valence-corrected chi connectivity index (χ1v) is 2.80. The van der Waals surface area contributed by atoms with Crippen molar-refractivity contribution in [3.63, 3.8) is 0 Å². The van der Waals surface area contributed by atoms with Gasteiger partial charge >= 0.3 is 5.97 Å². The molecule has 0 aromatic rings. The number of carbonyl (C=O) groups is 2. The van der Waals surface area contributed by atoms with Crippen molar-refractivity contribution >= 4 is 11.9 Å². The van der Waals surface area contributed by atoms with Crippen molar-refractivity contribution in [3.05, 3.63) is 0 Å². The van der Waals surface area contributed by atoms with E-state index in [4.69, 9.17) is 5.11 Å². The maximum absolute atomic E-state index is 10.5. The number of rotatable bonds is 4. The van der Waals surface area contributed by atoms with E-state index in [1.54, 1.807) is 7.05 Å². The number of carbonyl (C=O) groups excluding carboxylic acids is 1. The van der Waals surface area contributed by atoms with Gasteiger partial charge in [0.25, 0.3) is 0 Å². The average Bonchev–Trinajstić information content (AvgIpc) is 1.85. The van der Waals surface area contributed by atoms with Crippen LogP contribution in [0.25, 0.3) is 0 Å². The predicted octanol–water partition coefficient (Wildman–Crippen LogP) is -1.59. The lowest BCUT2D eigenvalue weighted by atomic mass is 10.5. The standard InChI is InChI=1S/C5H10N2O3/c1-6-2-4(8)7-3-5(9)10/h6H,2-3H2,1H3,(H,7,8)(H,9,10). The fourth-order valence-corrected chi connectivity index (χ4v) is 0.397. The van der Waals surface area contributed by atoms with Gasteiger partial charge in [-0.05, 0) is 7.05 Å². The molecule has 0 aromatic carbocycles. The Balaban J connectivity index is 3.30. The Kier molecular flexibility index (Phi) is 4.23. The summed E-state index contributed by atoms with van der Waals surface area (Å²) in [6.45, 7) is -0.173. The van der Waals surface area contributed by atoms with Crippen molar-refractivity contribution in [2.75, 3.05) is 20.1 Å². The molecule has 0 fully saturated rings. The number of carboxylic acid groups (broad SMARTS) is 1. The largest absolute Gasteiger partial charge is 0.480 e. The van der Waals surface area contributed by atoms with Gasteiger partial charge in [0.2, 0.25) is 5.91 Å². The third kappa shape index (κ3) is 5.04. The summed E-state index contributed by atoms with van der Waals surface area (Å²) in [6, 6.07) is 0. The fraction of sp³-hybridized carbons (Fsp3) is 0.600. The van der Waals surface area contributed by atoms with Gasteiger partial charge in [-0.3, -0.25) is 9.59 Å². The van der Waals surface area contributed by atoms with E-state index in [0.717, 1.165) is 0 Å². The molecule has 3 N–H and O–H groups in total. The van der Waals surface area contributed by atoms with E-state index in [1.165, 1.54) is 0 Å². The van der Waals surface area contributed by atoms with Crippen molar-refractivity contribution in [2.24, 2.45) is 0 Å². The van der Waals surface area contributed by atoms with Gasteiger partial charge in [-0.25, -0.2) is 0 Å². The number of hydrogen-bond donors (Lipinski definition) is 3. The molecule has 1 amide bonds. The second-order valence-corrected chi connectivity index (χ2v) is 1.70. The molecule has 0 radical (unpaired) electrons. The van der Waals surface area contributed by atoms with Crippen molar-refractivity contribution in [3.8, 4) is 0 Å². The summed E-state index contributed by atoms with van der Waals surface area (Å²) >= 11 is 0. The molecular formula is C5H10N2O3. The topological polar surface area (TPSA) is 78.4 Å². The second-order valence-electron chi connectivity index (χ2n) is 1.70. The number of likely N-dealkylation sites (N-methyl/N-ethyl adjacent to an activating group) is 1. The van der Waals surface area contributed by atoms with Crippen LogP contribution in [0.1, 0.15) is 0 Å². The van der Waals surface area contributed by atoms with Crippen LogP contribution in [0.2, 0.25) is 0 Å². The van der Waals surface area contributed by atoms with Crippen molar-refractivity contribution in [2.45, 2.75) is 0 Å². The molecule has 0 atom stereocenters. The molecule has 0 unspecified atom stereocenters. The smallest absolute Gasteiger partial charge is 0.322 e. The predicted molar refractivity (Wildman–Crippen MR) is 34.6 cm³/mol. The van der Waals surface area contributed by atoms with Crippen molar-refractivity contribution in [1.82, 2.24) is 10.6 Å². The van der Waals surface area contributed by atoms with Gasteiger partial charge < -0.3 is 15.7 Å². The molecule has 58 valence electrons. The molecule has 0 aliphatic carbocycles. The zero-order valence-electron chi connectivity index (χ0n) is 5.68. The SMILES string of the molecule is CNCC(=O)NCC(=O)O. The Hall–Kier alpha value is -1.10. The number of carboxylic acids is 1. The van der Waals surface area contributed by atoms with E-state index < -0.39 is 5.97 Å². The molecule has 0 aliphatic heterocycles. The summed E-state index contributed by atoms with van der Waals surface area (Å²) in [4.78, 5) is 20.4. The van der Waals surface area contributed by atoms with Crippen LogP contribution in [0.4, 0.5) is 0 Å². The van der Waals surface area contributed by atoms with Gasteiger partial charge in [-0.1, -0.05) is 0 Å². The van der Waals surface area contributed by atoms with Crippen LogP contribution >= 0.6 is 0 Å². The van der Waals surface area contributed by atoms with Crippen LogP contribution in [-0.4, -0.2) is 37.1 Å². The highest BCUT2D eigenvalue weighted by Crippen LogP contribution is 1.62. The summed E-state index contributed by atoms with van der Waals surface area (Å²) in [7, 11) is 1.61. The maximum atomic E-state index is 10.5. The first kappa shape index (κ1) is 8.90. The number of aliphatic carboxylic acids is 1. The van der Waals surface area contributed by atoms with E-state index in [0.29, 0.717) is 0 Å². The van der Waals surface area contributed by atoms with Crippen LogP contribution in [-0.2, 0) is 9.59 Å². The molecule has 0 heterocycles. The molecule has 0 spiro atoms. The van der Waals surface area contributed by atoms with Gasteiger partial charge in [-0.15, -0.1) is 0 Å². The van der Waals surface area contributed by atoms with Gasteiger partial charge in [0.1, 0.15) is 6.54 Å². The van der Waals surface area contributed by atoms with Gasteiger partial charge in [0, 0.05) is 0 Å². The first-order chi connectivity index (χ1) is 4.66. The summed E-state index contributed by atoms with van der Waals surface area (Å²) in [5.41, 5.74) is 0. The third-order valence-corrected chi connectivity index (χ3v) is 0.774. The monoisotopic (exact) mass is 146 g/mol. The minimum atomic E-state index is -1.04. The fourth-order valence-electron chi connectivity index (χ4n) is 0.397. The normalized spacial score (nSPS) is 8.90. The summed E-state index contributed by atoms with van der Waals surface area (Å²) in [5.74, 6) is -1.35. The molecule has 0 saturated carbocycles. The lowest BCUT2D eigenvalue weighted by Gasteiger charge is -1.99. The van der Waals surface area contributed by atoms with E-state index in [9.17, 15) is 9.59 Å². The average molecular weight is 146 g/mol. The highest BCUT2D eigenvalue weighted by Gasteiger charge is 2.00. The summed E-state index contributed by atoms with van der Waals surface area (Å²) < 4.78 is 0. The second kappa shape index (κ2) is 4.75. The third-order valence-electron chi connectivity index (χ3n) is 0.774. The zero-order chi connectivity index (χ0) is 7.98. The van der Waals surface area contributed by atoms with E-state index in [-0.39, 0.29) is 19.0 Å². The maximum Gasteiger partial charge on any atom is 0.322 e. The molecule has 0 saturated heterocycles. The van der Waals surface area contributed by atoms with E-state index in [2.05, 4.69) is 10.6 Å². The van der Waals surface area contributed by atoms with Crippen LogP contribution in [0.5, 0.6) is 0 Å². The summed E-state index contributed by atoms with van der Waals surface area (Å²) in [6.07, 6.45) is 0. The molecule has 0 aliphatic rings. The highest BCUT2D eigenvalue weighted by molar-refractivity contribution is 5.82. The number of nitrogens with one attached hydrogen (secondary N) is 2. The number of hydrogen-bond acceptors (Lipinski definition) is 3. The van der Waals surface area contributed by atoms with Crippen LogP contribution in [0.15, 0.2) is 0 Å². The van der Waals surface area contributed by atoms with Crippen LogP contribution < -0.4 is 10.6 Å². The molecule has 5 heteroatoms. The summed E-state index contributed by atoms with van der Waals surface area (Å²) in [5, 5.41) is 12.9. The minimum absolute atomic E-state index is 0.146. The quantitative estimate of drug-likeness (QED) is 0.446. The van der Waals surface area contributed by atoms with E-state index >= 15 is 0 Å².